The predicted molar refractivity (Wildman–Crippen MR) is 123 cm³/mol. The molecule has 5 rings (SSSR count). The SMILES string of the molecule is COc1ccc(/C=C2\Oc3c(ccc4c3CN(CCc3ccccc3Cl)CO4)C2=O)cc1. The minimum absolute atomic E-state index is 0.119. The number of carbonyl (C=O) groups is 1. The normalized spacial score (nSPS) is 16.3. The number of ether oxygens (including phenoxy) is 3. The second-order valence-electron chi connectivity index (χ2n) is 7.80. The molecule has 0 N–H and O–H groups in total. The van der Waals surface area contributed by atoms with E-state index in [9.17, 15) is 4.79 Å². The van der Waals surface area contributed by atoms with Gasteiger partial charge in [-0.2, -0.15) is 0 Å². The summed E-state index contributed by atoms with van der Waals surface area (Å²) in [5.41, 5.74) is 3.45. The molecular weight excluding hydrogens is 426 g/mol. The number of nitrogens with zero attached hydrogens (tertiary/aromatic N) is 1. The molecule has 5 nitrogen and oxygen atoms in total. The van der Waals surface area contributed by atoms with Gasteiger partial charge in [-0.05, 0) is 54.0 Å². The van der Waals surface area contributed by atoms with Crippen LogP contribution in [0.15, 0.2) is 66.4 Å². The highest BCUT2D eigenvalue weighted by atomic mass is 35.5. The van der Waals surface area contributed by atoms with E-state index in [1.807, 2.05) is 54.6 Å². The Morgan fingerprint density at radius 3 is 2.69 bits per heavy atom. The van der Waals surface area contributed by atoms with Crippen molar-refractivity contribution in [1.82, 2.24) is 4.90 Å². The molecule has 0 atom stereocenters. The molecule has 2 aliphatic rings. The molecule has 0 aliphatic carbocycles. The molecule has 2 heterocycles. The van der Waals surface area contributed by atoms with E-state index in [1.165, 1.54) is 0 Å². The van der Waals surface area contributed by atoms with E-state index >= 15 is 0 Å². The lowest BCUT2D eigenvalue weighted by Crippen LogP contribution is -2.33. The Morgan fingerprint density at radius 1 is 1.09 bits per heavy atom. The van der Waals surface area contributed by atoms with Crippen LogP contribution in [0.1, 0.15) is 27.0 Å². The number of methoxy groups -OCH3 is 1. The van der Waals surface area contributed by atoms with E-state index in [0.29, 0.717) is 30.3 Å². The van der Waals surface area contributed by atoms with Crippen LogP contribution in [-0.4, -0.2) is 31.1 Å². The molecule has 0 bridgehead atoms. The van der Waals surface area contributed by atoms with E-state index in [0.717, 1.165) is 46.2 Å². The van der Waals surface area contributed by atoms with Crippen LogP contribution in [0.3, 0.4) is 0 Å². The fourth-order valence-electron chi connectivity index (χ4n) is 3.98. The lowest BCUT2D eigenvalue weighted by molar-refractivity contribution is 0.0950. The van der Waals surface area contributed by atoms with Gasteiger partial charge < -0.3 is 14.2 Å². The highest BCUT2D eigenvalue weighted by molar-refractivity contribution is 6.31. The van der Waals surface area contributed by atoms with Crippen LogP contribution in [-0.2, 0) is 13.0 Å². The van der Waals surface area contributed by atoms with Crippen LogP contribution >= 0.6 is 11.6 Å². The van der Waals surface area contributed by atoms with Gasteiger partial charge in [-0.25, -0.2) is 0 Å². The molecule has 0 aromatic heterocycles. The summed E-state index contributed by atoms with van der Waals surface area (Å²) in [4.78, 5) is 15.1. The van der Waals surface area contributed by atoms with Gasteiger partial charge >= 0.3 is 0 Å². The van der Waals surface area contributed by atoms with Crippen molar-refractivity contribution < 1.29 is 19.0 Å². The first-order chi connectivity index (χ1) is 15.6. The van der Waals surface area contributed by atoms with E-state index in [1.54, 1.807) is 19.3 Å². The van der Waals surface area contributed by atoms with Crippen molar-refractivity contribution in [3.63, 3.8) is 0 Å². The number of benzene rings is 3. The van der Waals surface area contributed by atoms with E-state index in [4.69, 9.17) is 25.8 Å². The lowest BCUT2D eigenvalue weighted by atomic mass is 10.0. The van der Waals surface area contributed by atoms with Crippen LogP contribution in [0.2, 0.25) is 5.02 Å². The molecule has 0 fully saturated rings. The molecule has 3 aromatic rings. The second-order valence-corrected chi connectivity index (χ2v) is 8.21. The minimum atomic E-state index is -0.119. The number of hydrogen-bond acceptors (Lipinski definition) is 5. The molecule has 162 valence electrons. The summed E-state index contributed by atoms with van der Waals surface area (Å²) >= 11 is 6.29. The molecule has 0 saturated carbocycles. The maximum absolute atomic E-state index is 13.0. The summed E-state index contributed by atoms with van der Waals surface area (Å²) in [7, 11) is 1.62. The van der Waals surface area contributed by atoms with Gasteiger partial charge in [0.25, 0.3) is 0 Å². The zero-order valence-corrected chi connectivity index (χ0v) is 18.4. The average Bonchev–Trinajstić information content (AvgIpc) is 3.14. The Bertz CT molecular complexity index is 1200. The Balaban J connectivity index is 1.35. The number of hydrogen-bond donors (Lipinski definition) is 0. The van der Waals surface area contributed by atoms with Crippen molar-refractivity contribution in [1.29, 1.82) is 0 Å². The Hall–Kier alpha value is -3.28. The molecule has 6 heteroatoms. The second kappa shape index (κ2) is 8.69. The largest absolute Gasteiger partial charge is 0.497 e. The summed E-state index contributed by atoms with van der Waals surface area (Å²) in [6.07, 6.45) is 2.57. The Labute approximate surface area is 191 Å². The van der Waals surface area contributed by atoms with Gasteiger partial charge in [-0.1, -0.05) is 41.9 Å². The third-order valence-corrected chi connectivity index (χ3v) is 6.12. The quantitative estimate of drug-likeness (QED) is 0.493. The topological polar surface area (TPSA) is 48.0 Å². The third-order valence-electron chi connectivity index (χ3n) is 5.75. The third kappa shape index (κ3) is 3.97. The minimum Gasteiger partial charge on any atom is -0.497 e. The predicted octanol–water partition coefficient (Wildman–Crippen LogP) is 5.36. The molecule has 3 aromatic carbocycles. The van der Waals surface area contributed by atoms with Gasteiger partial charge in [-0.15, -0.1) is 0 Å². The molecule has 0 saturated heterocycles. The molecule has 0 unspecified atom stereocenters. The number of ketones is 1. The number of Topliss-reactive ketones (excluding diaryl/α,β-unsaturated/α-hetero) is 1. The van der Waals surface area contributed by atoms with Crippen LogP contribution in [0, 0.1) is 0 Å². The summed E-state index contributed by atoms with van der Waals surface area (Å²) in [5.74, 6) is 2.31. The van der Waals surface area contributed by atoms with Gasteiger partial charge in [0.2, 0.25) is 5.78 Å². The van der Waals surface area contributed by atoms with E-state index < -0.39 is 0 Å². The molecule has 0 radical (unpaired) electrons. The van der Waals surface area contributed by atoms with Gasteiger partial charge in [0, 0.05) is 18.1 Å². The fourth-order valence-corrected chi connectivity index (χ4v) is 4.21. The van der Waals surface area contributed by atoms with E-state index in [2.05, 4.69) is 4.90 Å². The fraction of sp³-hybridized carbons (Fsp3) is 0.192. The van der Waals surface area contributed by atoms with Crippen molar-refractivity contribution >= 4 is 23.5 Å². The first kappa shape index (κ1) is 20.6. The van der Waals surface area contributed by atoms with Crippen molar-refractivity contribution in [3.8, 4) is 17.2 Å². The average molecular weight is 448 g/mol. The highest BCUT2D eigenvalue weighted by Gasteiger charge is 2.33. The first-order valence-corrected chi connectivity index (χ1v) is 10.8. The Kier molecular flexibility index (Phi) is 5.60. The number of halogens is 1. The molecule has 32 heavy (non-hydrogen) atoms. The number of rotatable bonds is 5. The number of allylic oxidation sites excluding steroid dienone is 1. The smallest absolute Gasteiger partial charge is 0.231 e. The first-order valence-electron chi connectivity index (χ1n) is 10.4. The van der Waals surface area contributed by atoms with Crippen molar-refractivity contribution in [2.24, 2.45) is 0 Å². The zero-order valence-electron chi connectivity index (χ0n) is 17.6. The van der Waals surface area contributed by atoms with Gasteiger partial charge in [0.05, 0.1) is 18.2 Å². The summed E-state index contributed by atoms with van der Waals surface area (Å²) in [6, 6.07) is 19.0. The number of carbonyl (C=O) groups excluding carboxylic acids is 1. The maximum atomic E-state index is 13.0. The van der Waals surface area contributed by atoms with Crippen molar-refractivity contribution in [2.45, 2.75) is 13.0 Å². The lowest BCUT2D eigenvalue weighted by Gasteiger charge is -2.29. The zero-order chi connectivity index (χ0) is 22.1. The maximum Gasteiger partial charge on any atom is 0.231 e. The van der Waals surface area contributed by atoms with Gasteiger partial charge in [0.15, 0.2) is 5.76 Å². The van der Waals surface area contributed by atoms with Crippen molar-refractivity contribution in [2.75, 3.05) is 20.4 Å². The Morgan fingerprint density at radius 2 is 1.91 bits per heavy atom. The van der Waals surface area contributed by atoms with Crippen LogP contribution < -0.4 is 14.2 Å². The van der Waals surface area contributed by atoms with Crippen molar-refractivity contribution in [3.05, 3.63) is 93.7 Å². The van der Waals surface area contributed by atoms with Gasteiger partial charge in [0.1, 0.15) is 24.0 Å². The monoisotopic (exact) mass is 447 g/mol. The standard InChI is InChI=1S/C26H22ClNO4/c1-30-19-8-6-17(7-9-19)14-24-25(29)20-10-11-23-21(26(20)32-24)15-28(16-31-23)13-12-18-4-2-3-5-22(18)27/h2-11,14H,12-13,15-16H2,1H3/b24-14-. The molecular formula is C26H22ClNO4. The van der Waals surface area contributed by atoms with Crippen LogP contribution in [0.5, 0.6) is 17.2 Å². The molecule has 0 spiro atoms. The summed E-state index contributed by atoms with van der Waals surface area (Å²) < 4.78 is 17.2. The highest BCUT2D eigenvalue weighted by Crippen LogP contribution is 2.42. The summed E-state index contributed by atoms with van der Waals surface area (Å²) in [5, 5.41) is 0.772. The van der Waals surface area contributed by atoms with Gasteiger partial charge in [-0.3, -0.25) is 9.69 Å². The molecule has 0 amide bonds. The van der Waals surface area contributed by atoms with Crippen LogP contribution in [0.25, 0.3) is 6.08 Å². The summed E-state index contributed by atoms with van der Waals surface area (Å²) in [6.45, 7) is 1.92. The number of fused-ring (bicyclic) bond motifs is 3. The van der Waals surface area contributed by atoms with Crippen LogP contribution in [0.4, 0.5) is 0 Å². The van der Waals surface area contributed by atoms with E-state index in [-0.39, 0.29) is 5.78 Å². The molecule has 2 aliphatic heterocycles.